The van der Waals surface area contributed by atoms with Crippen LogP contribution in [0.4, 0.5) is 0 Å². The van der Waals surface area contributed by atoms with Crippen LogP contribution < -0.4 is 9.86 Å². The smallest absolute Gasteiger partial charge is 0.225 e. The van der Waals surface area contributed by atoms with Crippen LogP contribution in [0.1, 0.15) is 18.9 Å². The first-order valence-corrected chi connectivity index (χ1v) is 13.9. The molecule has 3 aromatic carbocycles. The molecule has 3 N–H and O–H groups in total. The van der Waals surface area contributed by atoms with Gasteiger partial charge in [-0.3, -0.25) is 9.86 Å². The molecule has 0 aliphatic carbocycles. The second kappa shape index (κ2) is 17.9. The molecule has 0 bridgehead atoms. The topological polar surface area (TPSA) is 66.0 Å². The Morgan fingerprint density at radius 2 is 1.67 bits per heavy atom. The van der Waals surface area contributed by atoms with Crippen LogP contribution in [0.15, 0.2) is 113 Å². The molecule has 4 rings (SSSR count). The van der Waals surface area contributed by atoms with Crippen LogP contribution in [0.2, 0.25) is 10.0 Å². The van der Waals surface area contributed by atoms with Gasteiger partial charge in [0.25, 0.3) is 0 Å². The van der Waals surface area contributed by atoms with E-state index in [4.69, 9.17) is 33.4 Å². The maximum Gasteiger partial charge on any atom is 0.225 e. The van der Waals surface area contributed by atoms with Gasteiger partial charge >= 0.3 is 0 Å². The summed E-state index contributed by atoms with van der Waals surface area (Å²) < 4.78 is 3.29. The molecule has 190 valence electrons. The molecule has 0 aromatic heterocycles. The molecule has 0 spiro atoms. The van der Waals surface area contributed by atoms with E-state index in [-0.39, 0.29) is 0 Å². The summed E-state index contributed by atoms with van der Waals surface area (Å²) in [5, 5.41) is 13.5. The number of halogens is 2. The minimum atomic E-state index is 0.606. The van der Waals surface area contributed by atoms with Crippen LogP contribution in [0.5, 0.6) is 0 Å². The number of nitrogens with two attached hydrogens (primary N) is 1. The standard InChI is InChI=1S/C18H19Cl2N5S2.C6H6.C3H6/c19-14-7-5-13(6-8-14)16-9-11-25(23-16)18(22-10-12-26-21)24-27-17-4-2-1-3-15(17)20;1-2-4-6-5-3-1;1-3-2/h1-8H,9-12,21H2,(H,22,24);1-6H;3H,1H2,2H3. The summed E-state index contributed by atoms with van der Waals surface area (Å²) in [5.74, 6) is 1.43. The Kier molecular flexibility index (Phi) is 14.8. The van der Waals surface area contributed by atoms with Crippen LogP contribution in [-0.4, -0.2) is 35.5 Å². The van der Waals surface area contributed by atoms with Gasteiger partial charge in [0.1, 0.15) is 0 Å². The lowest BCUT2D eigenvalue weighted by Crippen LogP contribution is -2.33. The van der Waals surface area contributed by atoms with Gasteiger partial charge in [-0.15, -0.1) is 6.58 Å². The van der Waals surface area contributed by atoms with Gasteiger partial charge in [-0.1, -0.05) is 102 Å². The summed E-state index contributed by atoms with van der Waals surface area (Å²) in [4.78, 5) is 5.55. The van der Waals surface area contributed by atoms with Gasteiger partial charge in [-0.05, 0) is 48.7 Å². The molecular formula is C27H31Cl2N5S2. The van der Waals surface area contributed by atoms with E-state index in [1.165, 1.54) is 23.9 Å². The predicted molar refractivity (Wildman–Crippen MR) is 161 cm³/mol. The lowest BCUT2D eigenvalue weighted by Gasteiger charge is -2.17. The van der Waals surface area contributed by atoms with Crippen LogP contribution >= 0.6 is 47.1 Å². The Bertz CT molecular complexity index is 1070. The van der Waals surface area contributed by atoms with E-state index in [2.05, 4.69) is 16.3 Å². The van der Waals surface area contributed by atoms with Crippen molar-refractivity contribution in [3.8, 4) is 0 Å². The van der Waals surface area contributed by atoms with Gasteiger partial charge < -0.3 is 0 Å². The average Bonchev–Trinajstić information content (AvgIpc) is 3.39. The molecule has 36 heavy (non-hydrogen) atoms. The van der Waals surface area contributed by atoms with Gasteiger partial charge in [0.05, 0.1) is 23.8 Å². The third-order valence-corrected chi connectivity index (χ3v) is 6.42. The van der Waals surface area contributed by atoms with Crippen molar-refractivity contribution in [2.24, 2.45) is 15.2 Å². The SMILES string of the molecule is C=CC.NSCCN=C(NSc1ccccc1Cl)N1CCC(c2ccc(Cl)cc2)=N1.c1ccccc1. The largest absolute Gasteiger partial charge is 0.295 e. The van der Waals surface area contributed by atoms with E-state index in [1.54, 1.807) is 6.08 Å². The molecule has 1 aliphatic heterocycles. The molecule has 0 fully saturated rings. The summed E-state index contributed by atoms with van der Waals surface area (Å²) in [5.41, 5.74) is 2.08. The second-order valence-electron chi connectivity index (χ2n) is 7.20. The summed E-state index contributed by atoms with van der Waals surface area (Å²) >= 11 is 14.9. The van der Waals surface area contributed by atoms with Crippen LogP contribution in [0.3, 0.4) is 0 Å². The molecule has 0 amide bonds. The number of nitrogens with zero attached hydrogens (tertiary/aromatic N) is 3. The zero-order chi connectivity index (χ0) is 26.0. The first-order chi connectivity index (χ1) is 17.6. The normalized spacial score (nSPS) is 12.5. The first-order valence-electron chi connectivity index (χ1n) is 11.3. The van der Waals surface area contributed by atoms with Crippen molar-refractivity contribution in [1.82, 2.24) is 9.73 Å². The van der Waals surface area contributed by atoms with Crippen molar-refractivity contribution in [2.45, 2.75) is 18.2 Å². The molecule has 0 saturated heterocycles. The van der Waals surface area contributed by atoms with Crippen molar-refractivity contribution >= 4 is 58.8 Å². The van der Waals surface area contributed by atoms with E-state index in [9.17, 15) is 0 Å². The van der Waals surface area contributed by atoms with Crippen LogP contribution in [0.25, 0.3) is 0 Å². The second-order valence-corrected chi connectivity index (χ2v) is 9.63. The lowest BCUT2D eigenvalue weighted by molar-refractivity contribution is 0.479. The summed E-state index contributed by atoms with van der Waals surface area (Å²) in [6, 6.07) is 27.4. The highest BCUT2D eigenvalue weighted by atomic mass is 35.5. The van der Waals surface area contributed by atoms with Gasteiger partial charge in [0, 0.05) is 22.1 Å². The quantitative estimate of drug-likeness (QED) is 0.107. The van der Waals surface area contributed by atoms with E-state index < -0.39 is 0 Å². The van der Waals surface area contributed by atoms with Gasteiger partial charge in [0.15, 0.2) is 0 Å². The summed E-state index contributed by atoms with van der Waals surface area (Å²) in [6.45, 7) is 6.61. The average molecular weight is 561 g/mol. The number of rotatable bonds is 6. The van der Waals surface area contributed by atoms with Crippen LogP contribution in [0, 0.1) is 0 Å². The Balaban J connectivity index is 0.000000430. The van der Waals surface area contributed by atoms with Gasteiger partial charge in [-0.2, -0.15) is 5.10 Å². The zero-order valence-electron chi connectivity index (χ0n) is 20.2. The molecule has 1 heterocycles. The lowest BCUT2D eigenvalue weighted by atomic mass is 10.1. The fourth-order valence-electron chi connectivity index (χ4n) is 2.84. The Labute approximate surface area is 233 Å². The molecule has 0 unspecified atom stereocenters. The number of allylic oxidation sites excluding steroid dienone is 1. The van der Waals surface area contributed by atoms with E-state index in [1.807, 2.05) is 96.9 Å². The fourth-order valence-corrected chi connectivity index (χ4v) is 4.10. The number of hydrogen-bond donors (Lipinski definition) is 2. The Morgan fingerprint density at radius 1 is 1.06 bits per heavy atom. The number of hydrazone groups is 1. The molecule has 5 nitrogen and oxygen atoms in total. The molecule has 9 heteroatoms. The Hall–Kier alpha value is -2.42. The molecule has 1 aliphatic rings. The molecule has 3 aromatic rings. The third-order valence-electron chi connectivity index (χ3n) is 4.45. The maximum absolute atomic E-state index is 6.24. The highest BCUT2D eigenvalue weighted by Gasteiger charge is 2.20. The number of nitrogens with one attached hydrogen (secondary N) is 1. The molecule has 0 radical (unpaired) electrons. The first kappa shape index (κ1) is 29.8. The minimum Gasteiger partial charge on any atom is -0.295 e. The van der Waals surface area contributed by atoms with Crippen molar-refractivity contribution < 1.29 is 0 Å². The minimum absolute atomic E-state index is 0.606. The van der Waals surface area contributed by atoms with Crippen molar-refractivity contribution in [1.29, 1.82) is 0 Å². The summed E-state index contributed by atoms with van der Waals surface area (Å²) in [7, 11) is 0. The zero-order valence-corrected chi connectivity index (χ0v) is 23.3. The predicted octanol–water partition coefficient (Wildman–Crippen LogP) is 7.54. The van der Waals surface area contributed by atoms with Gasteiger partial charge in [0.2, 0.25) is 5.96 Å². The summed E-state index contributed by atoms with van der Waals surface area (Å²) in [6.07, 6.45) is 2.59. The monoisotopic (exact) mass is 559 g/mol. The highest BCUT2D eigenvalue weighted by molar-refractivity contribution is 7.98. The highest BCUT2D eigenvalue weighted by Crippen LogP contribution is 2.25. The molecular weight excluding hydrogens is 529 g/mol. The number of hydrogen-bond acceptors (Lipinski definition) is 5. The van der Waals surface area contributed by atoms with Gasteiger partial charge in [-0.25, -0.2) is 10.0 Å². The molecule has 0 saturated carbocycles. The van der Waals surface area contributed by atoms with Crippen LogP contribution in [-0.2, 0) is 0 Å². The molecule has 0 atom stereocenters. The maximum atomic E-state index is 6.24. The Morgan fingerprint density at radius 3 is 2.25 bits per heavy atom. The van der Waals surface area contributed by atoms with E-state index in [0.717, 1.165) is 34.9 Å². The number of benzene rings is 3. The van der Waals surface area contributed by atoms with E-state index >= 15 is 0 Å². The number of guanidine groups is 1. The van der Waals surface area contributed by atoms with Crippen molar-refractivity contribution in [3.63, 3.8) is 0 Å². The van der Waals surface area contributed by atoms with E-state index in [0.29, 0.717) is 22.5 Å². The van der Waals surface area contributed by atoms with Crippen molar-refractivity contribution in [3.05, 3.63) is 113 Å². The van der Waals surface area contributed by atoms with Crippen molar-refractivity contribution in [2.75, 3.05) is 18.8 Å². The fraction of sp³-hybridized carbons (Fsp3) is 0.185. The number of aliphatic imine (C=N–C) groups is 1. The third kappa shape index (κ3) is 11.1.